The first-order valence-corrected chi connectivity index (χ1v) is 9.28. The normalized spacial score (nSPS) is 11.0. The summed E-state index contributed by atoms with van der Waals surface area (Å²) < 4.78 is 11.4. The van der Waals surface area contributed by atoms with Gasteiger partial charge in [-0.25, -0.2) is 4.52 Å². The smallest absolute Gasteiger partial charge is 0.0740 e. The Bertz CT molecular complexity index is 890. The number of hydrogen-bond acceptors (Lipinski definition) is 4. The van der Waals surface area contributed by atoms with Gasteiger partial charge >= 0.3 is 0 Å². The zero-order valence-electron chi connectivity index (χ0n) is 16.0. The van der Waals surface area contributed by atoms with Gasteiger partial charge in [0, 0.05) is 24.8 Å². The Hall–Kier alpha value is -1.63. The molecule has 0 spiro atoms. The Kier molecular flexibility index (Phi) is 8.07. The van der Waals surface area contributed by atoms with Crippen molar-refractivity contribution >= 4 is 28.7 Å². The van der Waals surface area contributed by atoms with Crippen LogP contribution in [0.25, 0.3) is 16.8 Å². The van der Waals surface area contributed by atoms with E-state index >= 15 is 0 Å². The maximum Gasteiger partial charge on any atom is 0.0740 e. The monoisotopic (exact) mass is 409 g/mol. The van der Waals surface area contributed by atoms with E-state index in [1.807, 2.05) is 35.7 Å². The molecule has 0 atom stereocenters. The summed E-state index contributed by atoms with van der Waals surface area (Å²) in [4.78, 5) is 0. The summed E-state index contributed by atoms with van der Waals surface area (Å²) in [7, 11) is 3.24. The van der Waals surface area contributed by atoms with Crippen LogP contribution in [0.3, 0.4) is 0 Å². The summed E-state index contributed by atoms with van der Waals surface area (Å²) in [5, 5.41) is 5.84. The maximum absolute atomic E-state index is 6.29. The van der Waals surface area contributed by atoms with Gasteiger partial charge < -0.3 is 15.2 Å². The fraction of sp³-hybridized carbons (Fsp3) is 0.350. The molecule has 0 saturated heterocycles. The highest BCUT2D eigenvalue weighted by molar-refractivity contribution is 6.36. The van der Waals surface area contributed by atoms with Crippen LogP contribution in [0.1, 0.15) is 11.3 Å². The predicted octanol–water partition coefficient (Wildman–Crippen LogP) is 4.53. The van der Waals surface area contributed by atoms with Gasteiger partial charge in [-0.15, -0.1) is 0 Å². The number of fused-ring (bicyclic) bond motifs is 1. The molecule has 0 unspecified atom stereocenters. The lowest BCUT2D eigenvalue weighted by atomic mass is 10.1. The number of ether oxygens (including phenoxy) is 2. The number of hydrogen-bond donors (Lipinski definition) is 1. The third kappa shape index (κ3) is 5.43. The van der Waals surface area contributed by atoms with E-state index in [1.165, 1.54) is 5.56 Å². The predicted molar refractivity (Wildman–Crippen MR) is 112 cm³/mol. The average Bonchev–Trinajstić information content (AvgIpc) is 2.91. The van der Waals surface area contributed by atoms with Crippen LogP contribution in [0.4, 0.5) is 0 Å². The SMILES string of the molecule is COCC(N)COC.Cc1nn2c(-c3ccc(Cl)cc3Cl)cccc2c1C. The van der Waals surface area contributed by atoms with E-state index in [9.17, 15) is 0 Å². The van der Waals surface area contributed by atoms with Gasteiger partial charge in [0.05, 0.1) is 41.2 Å². The summed E-state index contributed by atoms with van der Waals surface area (Å²) in [5.41, 5.74) is 10.7. The molecule has 5 nitrogen and oxygen atoms in total. The van der Waals surface area contributed by atoms with Gasteiger partial charge in [-0.3, -0.25) is 0 Å². The number of aryl methyl sites for hydroxylation is 2. The molecule has 0 bridgehead atoms. The van der Waals surface area contributed by atoms with E-state index in [0.29, 0.717) is 23.3 Å². The molecule has 2 N–H and O–H groups in total. The fourth-order valence-electron chi connectivity index (χ4n) is 2.68. The van der Waals surface area contributed by atoms with Gasteiger partial charge in [0.1, 0.15) is 0 Å². The second kappa shape index (κ2) is 10.1. The summed E-state index contributed by atoms with van der Waals surface area (Å²) in [6, 6.07) is 11.6. The van der Waals surface area contributed by atoms with Gasteiger partial charge in [-0.2, -0.15) is 5.10 Å². The Morgan fingerprint density at radius 2 is 1.74 bits per heavy atom. The van der Waals surface area contributed by atoms with Crippen LogP contribution >= 0.6 is 23.2 Å². The fourth-order valence-corrected chi connectivity index (χ4v) is 3.19. The van der Waals surface area contributed by atoms with Crippen molar-refractivity contribution in [3.8, 4) is 11.3 Å². The first kappa shape index (κ1) is 21.7. The molecule has 2 aromatic heterocycles. The van der Waals surface area contributed by atoms with Crippen LogP contribution in [0.5, 0.6) is 0 Å². The number of halogens is 2. The number of methoxy groups -OCH3 is 2. The minimum atomic E-state index is 0.0185. The molecule has 7 heteroatoms. The molecule has 0 amide bonds. The molecule has 0 fully saturated rings. The molecule has 0 radical (unpaired) electrons. The Balaban J connectivity index is 0.000000279. The minimum absolute atomic E-state index is 0.0185. The van der Waals surface area contributed by atoms with Crippen molar-refractivity contribution in [3.63, 3.8) is 0 Å². The Morgan fingerprint density at radius 3 is 2.33 bits per heavy atom. The van der Waals surface area contributed by atoms with Gasteiger partial charge in [0.2, 0.25) is 0 Å². The first-order valence-electron chi connectivity index (χ1n) is 8.52. The molecule has 146 valence electrons. The molecule has 0 aliphatic carbocycles. The van der Waals surface area contributed by atoms with E-state index in [4.69, 9.17) is 38.4 Å². The van der Waals surface area contributed by atoms with Crippen molar-refractivity contribution < 1.29 is 9.47 Å². The highest BCUT2D eigenvalue weighted by Gasteiger charge is 2.11. The summed E-state index contributed by atoms with van der Waals surface area (Å²) >= 11 is 12.2. The number of pyridine rings is 1. The topological polar surface area (TPSA) is 61.8 Å². The molecule has 0 aliphatic heterocycles. The maximum atomic E-state index is 6.29. The van der Waals surface area contributed by atoms with E-state index < -0.39 is 0 Å². The van der Waals surface area contributed by atoms with Gasteiger partial charge in [0.25, 0.3) is 0 Å². The van der Waals surface area contributed by atoms with Crippen LogP contribution in [-0.4, -0.2) is 43.1 Å². The number of nitrogens with zero attached hydrogens (tertiary/aromatic N) is 2. The standard InChI is InChI=1S/C15H12Cl2N2.C5H13NO2/c1-9-10(2)18-19-14(9)4-3-5-15(19)12-7-6-11(16)8-13(12)17;1-7-3-5(6)4-8-2/h3-8H,1-2H3;5H,3-4,6H2,1-2H3. The number of aromatic nitrogens is 2. The molecular formula is C20H25Cl2N3O2. The van der Waals surface area contributed by atoms with Gasteiger partial charge in [-0.1, -0.05) is 29.3 Å². The third-order valence-corrected chi connectivity index (χ3v) is 4.66. The van der Waals surface area contributed by atoms with E-state index in [-0.39, 0.29) is 6.04 Å². The van der Waals surface area contributed by atoms with Crippen molar-refractivity contribution in [3.05, 3.63) is 57.7 Å². The second-order valence-corrected chi connectivity index (χ2v) is 7.06. The molecular weight excluding hydrogens is 385 g/mol. The lowest BCUT2D eigenvalue weighted by Gasteiger charge is -2.07. The van der Waals surface area contributed by atoms with Crippen LogP contribution in [0.15, 0.2) is 36.4 Å². The van der Waals surface area contributed by atoms with Gasteiger partial charge in [-0.05, 0) is 49.7 Å². The molecule has 27 heavy (non-hydrogen) atoms. The number of rotatable bonds is 5. The van der Waals surface area contributed by atoms with Crippen LogP contribution in [0.2, 0.25) is 10.0 Å². The summed E-state index contributed by atoms with van der Waals surface area (Å²) in [5.74, 6) is 0. The quantitative estimate of drug-likeness (QED) is 0.671. The van der Waals surface area contributed by atoms with Crippen molar-refractivity contribution in [2.75, 3.05) is 27.4 Å². The number of benzene rings is 1. The molecule has 0 aliphatic rings. The highest BCUT2D eigenvalue weighted by Crippen LogP contribution is 2.31. The number of nitrogens with two attached hydrogens (primary N) is 1. The zero-order valence-corrected chi connectivity index (χ0v) is 17.5. The van der Waals surface area contributed by atoms with E-state index in [1.54, 1.807) is 20.3 Å². The first-order chi connectivity index (χ1) is 12.9. The largest absolute Gasteiger partial charge is 0.383 e. The van der Waals surface area contributed by atoms with Crippen molar-refractivity contribution in [2.24, 2.45) is 5.73 Å². The van der Waals surface area contributed by atoms with Crippen LogP contribution in [-0.2, 0) is 9.47 Å². The lowest BCUT2D eigenvalue weighted by molar-refractivity contribution is 0.119. The molecule has 0 saturated carbocycles. The average molecular weight is 410 g/mol. The van der Waals surface area contributed by atoms with E-state index in [2.05, 4.69) is 18.1 Å². The zero-order chi connectivity index (χ0) is 20.0. The molecule has 1 aromatic carbocycles. The Morgan fingerprint density at radius 1 is 1.07 bits per heavy atom. The van der Waals surface area contributed by atoms with Crippen LogP contribution in [0, 0.1) is 13.8 Å². The van der Waals surface area contributed by atoms with Crippen molar-refractivity contribution in [2.45, 2.75) is 19.9 Å². The van der Waals surface area contributed by atoms with Crippen molar-refractivity contribution in [1.82, 2.24) is 9.61 Å². The lowest BCUT2D eigenvalue weighted by Crippen LogP contribution is -2.30. The summed E-state index contributed by atoms with van der Waals surface area (Å²) in [6.07, 6.45) is 0. The third-order valence-electron chi connectivity index (χ3n) is 4.11. The van der Waals surface area contributed by atoms with E-state index in [0.717, 1.165) is 22.5 Å². The van der Waals surface area contributed by atoms with Crippen molar-refractivity contribution in [1.29, 1.82) is 0 Å². The minimum Gasteiger partial charge on any atom is -0.383 e. The molecule has 3 rings (SSSR count). The summed E-state index contributed by atoms with van der Waals surface area (Å²) in [6.45, 7) is 5.21. The second-order valence-electron chi connectivity index (χ2n) is 6.21. The van der Waals surface area contributed by atoms with Crippen LogP contribution < -0.4 is 5.73 Å². The molecule has 2 heterocycles. The van der Waals surface area contributed by atoms with Gasteiger partial charge in [0.15, 0.2) is 0 Å². The highest BCUT2D eigenvalue weighted by atomic mass is 35.5. The molecule has 3 aromatic rings. The Labute approximate surface area is 170 Å².